The van der Waals surface area contributed by atoms with E-state index in [9.17, 15) is 13.2 Å². The number of ether oxygens (including phenoxy) is 1. The topological polar surface area (TPSA) is 92.7 Å². The van der Waals surface area contributed by atoms with Gasteiger partial charge in [-0.1, -0.05) is 0 Å². The quantitative estimate of drug-likeness (QED) is 0.880. The van der Waals surface area contributed by atoms with Crippen LogP contribution >= 0.6 is 11.3 Å². The number of rotatable bonds is 5. The van der Waals surface area contributed by atoms with E-state index in [0.717, 1.165) is 11.3 Å². The van der Waals surface area contributed by atoms with Crippen molar-refractivity contribution in [3.8, 4) is 5.75 Å². The first-order valence-electron chi connectivity index (χ1n) is 5.83. The fraction of sp³-hybridized carbons (Fsp3) is 0.154. The number of carboxylic acid groups (broad SMARTS) is 1. The molecular weight excluding hydrogens is 314 g/mol. The van der Waals surface area contributed by atoms with Gasteiger partial charge in [-0.2, -0.15) is 0 Å². The molecule has 21 heavy (non-hydrogen) atoms. The number of methoxy groups -OCH3 is 1. The molecule has 0 saturated heterocycles. The third-order valence-electron chi connectivity index (χ3n) is 2.64. The zero-order valence-corrected chi connectivity index (χ0v) is 12.9. The molecule has 1 aromatic carbocycles. The minimum atomic E-state index is -3.82. The molecule has 2 rings (SSSR count). The van der Waals surface area contributed by atoms with Crippen molar-refractivity contribution in [2.75, 3.05) is 11.8 Å². The standard InChI is InChI=1S/C13H13NO5S2/c1-8-5-9(12(15)16)7-10(6-8)14-21(17,18)13-11(19-2)3-4-20-13/h3-7,14H,1-2H3,(H,15,16). The van der Waals surface area contributed by atoms with Crippen LogP contribution in [0.25, 0.3) is 0 Å². The molecule has 6 nitrogen and oxygen atoms in total. The maximum Gasteiger partial charge on any atom is 0.335 e. The van der Waals surface area contributed by atoms with Crippen LogP contribution < -0.4 is 9.46 Å². The van der Waals surface area contributed by atoms with Gasteiger partial charge < -0.3 is 9.84 Å². The Morgan fingerprint density at radius 2 is 2.05 bits per heavy atom. The molecule has 8 heteroatoms. The summed E-state index contributed by atoms with van der Waals surface area (Å²) >= 11 is 1.02. The van der Waals surface area contributed by atoms with Gasteiger partial charge in [-0.15, -0.1) is 11.3 Å². The summed E-state index contributed by atoms with van der Waals surface area (Å²) in [5.74, 6) is -0.869. The average molecular weight is 327 g/mol. The molecule has 0 aliphatic heterocycles. The number of sulfonamides is 1. The number of hydrogen-bond donors (Lipinski definition) is 2. The molecule has 1 heterocycles. The van der Waals surface area contributed by atoms with E-state index in [0.29, 0.717) is 5.56 Å². The number of anilines is 1. The first-order chi connectivity index (χ1) is 9.83. The summed E-state index contributed by atoms with van der Waals surface area (Å²) in [6, 6.07) is 5.85. The van der Waals surface area contributed by atoms with Crippen molar-refractivity contribution < 1.29 is 23.1 Å². The van der Waals surface area contributed by atoms with Crippen molar-refractivity contribution in [2.24, 2.45) is 0 Å². The minimum absolute atomic E-state index is 0.0193. The van der Waals surface area contributed by atoms with Gasteiger partial charge in [0.25, 0.3) is 10.0 Å². The number of aromatic carboxylic acids is 1. The van der Waals surface area contributed by atoms with Crippen molar-refractivity contribution in [1.82, 2.24) is 0 Å². The summed E-state index contributed by atoms with van der Waals surface area (Å²) in [5, 5.41) is 10.6. The third-order valence-corrected chi connectivity index (χ3v) is 5.46. The first-order valence-corrected chi connectivity index (χ1v) is 8.19. The van der Waals surface area contributed by atoms with E-state index in [1.165, 1.54) is 19.2 Å². The van der Waals surface area contributed by atoms with Gasteiger partial charge in [-0.05, 0) is 42.1 Å². The molecule has 112 valence electrons. The molecule has 0 radical (unpaired) electrons. The Bertz CT molecular complexity index is 780. The maximum absolute atomic E-state index is 12.3. The molecule has 0 saturated carbocycles. The molecule has 0 aliphatic carbocycles. The number of carboxylic acids is 1. The molecule has 0 atom stereocenters. The predicted molar refractivity (Wildman–Crippen MR) is 79.8 cm³/mol. The highest BCUT2D eigenvalue weighted by Crippen LogP contribution is 2.31. The summed E-state index contributed by atoms with van der Waals surface area (Å²) < 4.78 is 32.0. The Kier molecular flexibility index (Phi) is 4.19. The molecule has 1 aromatic heterocycles. The van der Waals surface area contributed by atoms with Crippen LogP contribution in [0.3, 0.4) is 0 Å². The number of thiophene rings is 1. The fourth-order valence-electron chi connectivity index (χ4n) is 1.80. The SMILES string of the molecule is COc1ccsc1S(=O)(=O)Nc1cc(C)cc(C(=O)O)c1. The van der Waals surface area contributed by atoms with Gasteiger partial charge in [0.15, 0.2) is 4.21 Å². The highest BCUT2D eigenvalue weighted by molar-refractivity contribution is 7.94. The van der Waals surface area contributed by atoms with Gasteiger partial charge in [0.1, 0.15) is 5.75 Å². The van der Waals surface area contributed by atoms with E-state index < -0.39 is 16.0 Å². The van der Waals surface area contributed by atoms with E-state index in [1.54, 1.807) is 24.4 Å². The Morgan fingerprint density at radius 3 is 2.67 bits per heavy atom. The zero-order chi connectivity index (χ0) is 15.6. The summed E-state index contributed by atoms with van der Waals surface area (Å²) in [6.45, 7) is 1.69. The van der Waals surface area contributed by atoms with Crippen molar-refractivity contribution >= 4 is 33.0 Å². The number of carbonyl (C=O) groups is 1. The van der Waals surface area contributed by atoms with Crippen molar-refractivity contribution in [2.45, 2.75) is 11.1 Å². The summed E-state index contributed by atoms with van der Waals surface area (Å²) in [4.78, 5) is 11.0. The van der Waals surface area contributed by atoms with E-state index >= 15 is 0 Å². The molecule has 0 aliphatic rings. The predicted octanol–water partition coefficient (Wildman–Crippen LogP) is 2.56. The second-order valence-corrected chi connectivity index (χ2v) is 7.07. The first kappa shape index (κ1) is 15.3. The largest absolute Gasteiger partial charge is 0.494 e. The zero-order valence-electron chi connectivity index (χ0n) is 11.3. The molecule has 0 fully saturated rings. The van der Waals surface area contributed by atoms with Crippen molar-refractivity contribution in [1.29, 1.82) is 0 Å². The average Bonchev–Trinajstić information content (AvgIpc) is 2.86. The number of hydrogen-bond acceptors (Lipinski definition) is 5. The number of aryl methyl sites for hydroxylation is 1. The monoisotopic (exact) mass is 327 g/mol. The molecule has 0 spiro atoms. The second-order valence-electron chi connectivity index (χ2n) is 4.27. The second kappa shape index (κ2) is 5.74. The van der Waals surface area contributed by atoms with Gasteiger partial charge in [0, 0.05) is 5.69 Å². The third kappa shape index (κ3) is 3.34. The smallest absolute Gasteiger partial charge is 0.335 e. The van der Waals surface area contributed by atoms with Crippen LogP contribution in [0.1, 0.15) is 15.9 Å². The molecule has 0 unspecified atom stereocenters. The lowest BCUT2D eigenvalue weighted by atomic mass is 10.1. The highest BCUT2D eigenvalue weighted by atomic mass is 32.2. The van der Waals surface area contributed by atoms with E-state index in [2.05, 4.69) is 4.72 Å². The van der Waals surface area contributed by atoms with Gasteiger partial charge in [0.2, 0.25) is 0 Å². The fourth-order valence-corrected chi connectivity index (χ4v) is 4.12. The Hall–Kier alpha value is -2.06. The summed E-state index contributed by atoms with van der Waals surface area (Å²) in [6.07, 6.45) is 0. The van der Waals surface area contributed by atoms with Gasteiger partial charge in [-0.3, -0.25) is 4.72 Å². The lowest BCUT2D eigenvalue weighted by Gasteiger charge is -2.09. The molecular formula is C13H13NO5S2. The van der Waals surface area contributed by atoms with Crippen LogP contribution in [0.15, 0.2) is 33.9 Å². The summed E-state index contributed by atoms with van der Waals surface area (Å²) in [7, 11) is -2.44. The highest BCUT2D eigenvalue weighted by Gasteiger charge is 2.21. The van der Waals surface area contributed by atoms with Gasteiger partial charge >= 0.3 is 5.97 Å². The van der Waals surface area contributed by atoms with E-state index in [4.69, 9.17) is 9.84 Å². The van der Waals surface area contributed by atoms with Crippen LogP contribution in [0, 0.1) is 6.92 Å². The van der Waals surface area contributed by atoms with Crippen molar-refractivity contribution in [3.05, 3.63) is 40.8 Å². The van der Waals surface area contributed by atoms with Crippen molar-refractivity contribution in [3.63, 3.8) is 0 Å². The minimum Gasteiger partial charge on any atom is -0.494 e. The Labute approximate surface area is 126 Å². The lowest BCUT2D eigenvalue weighted by Crippen LogP contribution is -2.13. The number of benzene rings is 1. The van der Waals surface area contributed by atoms with Gasteiger partial charge in [-0.25, -0.2) is 13.2 Å². The van der Waals surface area contributed by atoms with Crippen LogP contribution in [0.5, 0.6) is 5.75 Å². The molecule has 0 bridgehead atoms. The van der Waals surface area contributed by atoms with Crippen LogP contribution in [-0.2, 0) is 10.0 Å². The normalized spacial score (nSPS) is 11.1. The summed E-state index contributed by atoms with van der Waals surface area (Å²) in [5.41, 5.74) is 0.861. The lowest BCUT2D eigenvalue weighted by molar-refractivity contribution is 0.0697. The molecule has 0 amide bonds. The van der Waals surface area contributed by atoms with Crippen LogP contribution in [0.2, 0.25) is 0 Å². The van der Waals surface area contributed by atoms with Crippen LogP contribution in [0.4, 0.5) is 5.69 Å². The van der Waals surface area contributed by atoms with E-state index in [1.807, 2.05) is 0 Å². The Balaban J connectivity index is 2.39. The number of nitrogens with one attached hydrogen (secondary N) is 1. The Morgan fingerprint density at radius 1 is 1.33 bits per heavy atom. The maximum atomic E-state index is 12.3. The van der Waals surface area contributed by atoms with Crippen LogP contribution in [-0.4, -0.2) is 26.6 Å². The van der Waals surface area contributed by atoms with E-state index in [-0.39, 0.29) is 21.2 Å². The molecule has 2 N–H and O–H groups in total. The van der Waals surface area contributed by atoms with Gasteiger partial charge in [0.05, 0.1) is 12.7 Å². The molecule has 2 aromatic rings.